The molecule has 2 aromatic rings. The van der Waals surface area contributed by atoms with Crippen molar-refractivity contribution in [1.82, 2.24) is 10.3 Å². The van der Waals surface area contributed by atoms with E-state index in [1.165, 1.54) is 0 Å². The SMILES string of the molecule is CC(C)(C)OC(=O)C[C@@H](Cc1c[nH]c2ccccc12)C(=O)NCCO. The summed E-state index contributed by atoms with van der Waals surface area (Å²) < 4.78 is 5.35. The van der Waals surface area contributed by atoms with Gasteiger partial charge in [-0.25, -0.2) is 0 Å². The van der Waals surface area contributed by atoms with Crippen LogP contribution < -0.4 is 5.32 Å². The van der Waals surface area contributed by atoms with Crippen molar-refractivity contribution in [1.29, 1.82) is 0 Å². The third kappa shape index (κ3) is 5.60. The third-order valence-electron chi connectivity index (χ3n) is 3.76. The van der Waals surface area contributed by atoms with Gasteiger partial charge in [0, 0.05) is 23.6 Å². The molecule has 0 fully saturated rings. The summed E-state index contributed by atoms with van der Waals surface area (Å²) in [5.41, 5.74) is 1.37. The molecule has 0 radical (unpaired) electrons. The number of aromatic nitrogens is 1. The van der Waals surface area contributed by atoms with Crippen LogP contribution >= 0.6 is 0 Å². The minimum Gasteiger partial charge on any atom is -0.460 e. The minimum atomic E-state index is -0.593. The van der Waals surface area contributed by atoms with Crippen LogP contribution in [-0.2, 0) is 20.7 Å². The quantitative estimate of drug-likeness (QED) is 0.670. The Kier molecular flexibility index (Phi) is 6.20. The number of carbonyl (C=O) groups is 2. The number of aliphatic hydroxyl groups is 1. The van der Waals surface area contributed by atoms with Gasteiger partial charge in [0.1, 0.15) is 5.60 Å². The van der Waals surface area contributed by atoms with Gasteiger partial charge in [0.25, 0.3) is 0 Å². The molecule has 1 atom stereocenters. The molecule has 0 unspecified atom stereocenters. The van der Waals surface area contributed by atoms with Gasteiger partial charge < -0.3 is 20.1 Å². The van der Waals surface area contributed by atoms with Crippen LogP contribution in [0.2, 0.25) is 0 Å². The predicted octanol–water partition coefficient (Wildman–Crippen LogP) is 2.17. The molecular weight excluding hydrogens is 320 g/mol. The van der Waals surface area contributed by atoms with E-state index in [9.17, 15) is 9.59 Å². The van der Waals surface area contributed by atoms with Gasteiger partial charge in [-0.2, -0.15) is 0 Å². The van der Waals surface area contributed by atoms with E-state index in [-0.39, 0.29) is 25.5 Å². The summed E-state index contributed by atoms with van der Waals surface area (Å²) in [6.07, 6.45) is 2.28. The van der Waals surface area contributed by atoms with Crippen LogP contribution in [0.5, 0.6) is 0 Å². The molecule has 3 N–H and O–H groups in total. The number of benzene rings is 1. The number of aromatic amines is 1. The van der Waals surface area contributed by atoms with Crippen molar-refractivity contribution in [2.45, 2.75) is 39.2 Å². The summed E-state index contributed by atoms with van der Waals surface area (Å²) in [5, 5.41) is 12.6. The van der Waals surface area contributed by atoms with E-state index in [2.05, 4.69) is 10.3 Å². The van der Waals surface area contributed by atoms with Crippen LogP contribution in [-0.4, -0.2) is 40.7 Å². The van der Waals surface area contributed by atoms with Gasteiger partial charge in [-0.15, -0.1) is 0 Å². The highest BCUT2D eigenvalue weighted by Crippen LogP contribution is 2.23. The first-order valence-corrected chi connectivity index (χ1v) is 8.45. The second-order valence-electron chi connectivity index (χ2n) is 7.07. The molecule has 136 valence electrons. The molecule has 0 aliphatic heterocycles. The summed E-state index contributed by atoms with van der Waals surface area (Å²) in [5.74, 6) is -1.22. The number of hydrogen-bond donors (Lipinski definition) is 3. The molecule has 6 heteroatoms. The fourth-order valence-corrected chi connectivity index (χ4v) is 2.73. The van der Waals surface area contributed by atoms with Gasteiger partial charge in [-0.1, -0.05) is 18.2 Å². The molecule has 0 saturated heterocycles. The van der Waals surface area contributed by atoms with Crippen LogP contribution in [0.3, 0.4) is 0 Å². The molecule has 0 aliphatic carbocycles. The number of hydrogen-bond acceptors (Lipinski definition) is 4. The normalized spacial score (nSPS) is 12.8. The van der Waals surface area contributed by atoms with E-state index < -0.39 is 17.5 Å². The number of ether oxygens (including phenoxy) is 1. The Balaban J connectivity index is 2.16. The van der Waals surface area contributed by atoms with Crippen molar-refractivity contribution in [2.24, 2.45) is 5.92 Å². The lowest BCUT2D eigenvalue weighted by Gasteiger charge is -2.22. The fourth-order valence-electron chi connectivity index (χ4n) is 2.73. The van der Waals surface area contributed by atoms with Gasteiger partial charge in [-0.05, 0) is 38.8 Å². The Morgan fingerprint density at radius 3 is 2.68 bits per heavy atom. The number of aliphatic hydroxyl groups excluding tert-OH is 1. The van der Waals surface area contributed by atoms with E-state index >= 15 is 0 Å². The smallest absolute Gasteiger partial charge is 0.307 e. The van der Waals surface area contributed by atoms with Crippen molar-refractivity contribution >= 4 is 22.8 Å². The summed E-state index contributed by atoms with van der Waals surface area (Å²) in [6.45, 7) is 5.41. The van der Waals surface area contributed by atoms with Crippen molar-refractivity contribution < 1.29 is 19.4 Å². The molecule has 25 heavy (non-hydrogen) atoms. The maximum atomic E-state index is 12.4. The molecule has 0 aliphatic rings. The number of para-hydroxylation sites is 1. The molecule has 2 rings (SSSR count). The van der Waals surface area contributed by atoms with E-state index in [0.29, 0.717) is 6.42 Å². The standard InChI is InChI=1S/C19H26N2O4/c1-19(2,3)25-17(23)11-13(18(24)20-8-9-22)10-14-12-21-16-7-5-4-6-15(14)16/h4-7,12-13,21-22H,8-11H2,1-3H3,(H,20,24)/t13-/m1/s1. The summed E-state index contributed by atoms with van der Waals surface area (Å²) in [4.78, 5) is 27.8. The maximum Gasteiger partial charge on any atom is 0.307 e. The summed E-state index contributed by atoms with van der Waals surface area (Å²) in [6, 6.07) is 7.83. The lowest BCUT2D eigenvalue weighted by Crippen LogP contribution is -2.36. The molecule has 1 aromatic heterocycles. The molecule has 1 heterocycles. The van der Waals surface area contributed by atoms with Crippen LogP contribution in [0.1, 0.15) is 32.8 Å². The minimum absolute atomic E-state index is 0.00591. The van der Waals surface area contributed by atoms with Gasteiger partial charge in [0.05, 0.1) is 18.9 Å². The predicted molar refractivity (Wildman–Crippen MR) is 96.1 cm³/mol. The van der Waals surface area contributed by atoms with Crippen molar-refractivity contribution in [3.63, 3.8) is 0 Å². The maximum absolute atomic E-state index is 12.4. The van der Waals surface area contributed by atoms with Crippen molar-refractivity contribution in [2.75, 3.05) is 13.2 Å². The van der Waals surface area contributed by atoms with E-state index in [0.717, 1.165) is 16.5 Å². The van der Waals surface area contributed by atoms with Crippen LogP contribution in [0, 0.1) is 5.92 Å². The van der Waals surface area contributed by atoms with Crippen molar-refractivity contribution in [3.8, 4) is 0 Å². The Morgan fingerprint density at radius 1 is 1.28 bits per heavy atom. The average Bonchev–Trinajstić information content (AvgIpc) is 2.93. The second kappa shape index (κ2) is 8.16. The van der Waals surface area contributed by atoms with Crippen LogP contribution in [0.4, 0.5) is 0 Å². The number of rotatable bonds is 7. The largest absolute Gasteiger partial charge is 0.460 e. The Bertz CT molecular complexity index is 730. The third-order valence-corrected chi connectivity index (χ3v) is 3.76. The average molecular weight is 346 g/mol. The second-order valence-corrected chi connectivity index (χ2v) is 7.07. The Morgan fingerprint density at radius 2 is 2.00 bits per heavy atom. The van der Waals surface area contributed by atoms with Crippen LogP contribution in [0.25, 0.3) is 10.9 Å². The number of fused-ring (bicyclic) bond motifs is 1. The number of nitrogens with one attached hydrogen (secondary N) is 2. The topological polar surface area (TPSA) is 91.4 Å². The molecular formula is C19H26N2O4. The highest BCUT2D eigenvalue weighted by Gasteiger charge is 2.26. The first kappa shape index (κ1) is 19.0. The Hall–Kier alpha value is -2.34. The van der Waals surface area contributed by atoms with Gasteiger partial charge in [0.2, 0.25) is 5.91 Å². The highest BCUT2D eigenvalue weighted by atomic mass is 16.6. The highest BCUT2D eigenvalue weighted by molar-refractivity contribution is 5.87. The first-order valence-electron chi connectivity index (χ1n) is 8.45. The van der Waals surface area contributed by atoms with Gasteiger partial charge in [-0.3, -0.25) is 9.59 Å². The number of H-pyrrole nitrogens is 1. The molecule has 0 bridgehead atoms. The van der Waals surface area contributed by atoms with Gasteiger partial charge >= 0.3 is 5.97 Å². The van der Waals surface area contributed by atoms with E-state index in [1.54, 1.807) is 20.8 Å². The van der Waals surface area contributed by atoms with E-state index in [1.807, 2.05) is 30.5 Å². The zero-order valence-corrected chi connectivity index (χ0v) is 15.0. The number of carbonyl (C=O) groups excluding carboxylic acids is 2. The summed E-state index contributed by atoms with van der Waals surface area (Å²) in [7, 11) is 0. The number of esters is 1. The van der Waals surface area contributed by atoms with E-state index in [4.69, 9.17) is 9.84 Å². The van der Waals surface area contributed by atoms with Crippen LogP contribution in [0.15, 0.2) is 30.5 Å². The zero-order chi connectivity index (χ0) is 18.4. The van der Waals surface area contributed by atoms with Crippen molar-refractivity contribution in [3.05, 3.63) is 36.0 Å². The van der Waals surface area contributed by atoms with Gasteiger partial charge in [0.15, 0.2) is 0 Å². The number of amides is 1. The zero-order valence-electron chi connectivity index (χ0n) is 15.0. The molecule has 0 spiro atoms. The summed E-state index contributed by atoms with van der Waals surface area (Å²) >= 11 is 0. The first-order chi connectivity index (χ1) is 11.8. The molecule has 6 nitrogen and oxygen atoms in total. The molecule has 0 saturated carbocycles. The molecule has 1 aromatic carbocycles. The fraction of sp³-hybridized carbons (Fsp3) is 0.474. The lowest BCUT2D eigenvalue weighted by atomic mass is 9.95. The monoisotopic (exact) mass is 346 g/mol. The lowest BCUT2D eigenvalue weighted by molar-refractivity contribution is -0.157. The molecule has 1 amide bonds. The Labute approximate surface area is 147 Å².